The molecular weight excluding hydrogens is 290 g/mol. The first-order chi connectivity index (χ1) is 10.8. The van der Waals surface area contributed by atoms with Gasteiger partial charge >= 0.3 is 0 Å². The third-order valence-electron chi connectivity index (χ3n) is 3.94. The van der Waals surface area contributed by atoms with Crippen LogP contribution in [0, 0.1) is 0 Å². The molecule has 6 nitrogen and oxygen atoms in total. The molecule has 0 bridgehead atoms. The summed E-state index contributed by atoms with van der Waals surface area (Å²) in [4.78, 5) is 14.5. The summed E-state index contributed by atoms with van der Waals surface area (Å²) in [6.45, 7) is 9.67. The molecule has 1 atom stereocenters. The van der Waals surface area contributed by atoms with Crippen molar-refractivity contribution in [2.24, 2.45) is 0 Å². The van der Waals surface area contributed by atoms with E-state index in [1.165, 1.54) is 0 Å². The van der Waals surface area contributed by atoms with Gasteiger partial charge in [0.05, 0.1) is 23.8 Å². The van der Waals surface area contributed by atoms with Crippen LogP contribution in [0.3, 0.4) is 0 Å². The van der Waals surface area contributed by atoms with E-state index in [-0.39, 0.29) is 17.5 Å². The molecule has 122 valence electrons. The van der Waals surface area contributed by atoms with Crippen LogP contribution in [0.25, 0.3) is 0 Å². The highest BCUT2D eigenvalue weighted by Crippen LogP contribution is 2.25. The second-order valence-electron chi connectivity index (χ2n) is 7.10. The van der Waals surface area contributed by atoms with Crippen LogP contribution in [-0.4, -0.2) is 33.5 Å². The summed E-state index contributed by atoms with van der Waals surface area (Å²) in [5, 5.41) is 11.5. The van der Waals surface area contributed by atoms with E-state index in [4.69, 9.17) is 0 Å². The Morgan fingerprint density at radius 3 is 2.74 bits per heavy atom. The zero-order valence-electron chi connectivity index (χ0n) is 14.1. The Kier molecular flexibility index (Phi) is 3.83. The van der Waals surface area contributed by atoms with Crippen LogP contribution in [0.5, 0.6) is 0 Å². The Morgan fingerprint density at radius 1 is 1.30 bits per heavy atom. The first-order valence-corrected chi connectivity index (χ1v) is 7.91. The lowest BCUT2D eigenvalue weighted by Gasteiger charge is -2.25. The molecule has 1 aliphatic rings. The summed E-state index contributed by atoms with van der Waals surface area (Å²) in [5.74, 6) is -0.0195. The van der Waals surface area contributed by atoms with E-state index in [9.17, 15) is 4.79 Å². The molecule has 6 heteroatoms. The Morgan fingerprint density at radius 2 is 2.04 bits per heavy atom. The van der Waals surface area contributed by atoms with Gasteiger partial charge in [0.25, 0.3) is 5.91 Å². The predicted octanol–water partition coefficient (Wildman–Crippen LogP) is 2.17. The monoisotopic (exact) mass is 313 g/mol. The average molecular weight is 313 g/mol. The molecule has 0 saturated carbocycles. The summed E-state index contributed by atoms with van der Waals surface area (Å²) in [7, 11) is 0. The van der Waals surface area contributed by atoms with Crippen molar-refractivity contribution < 1.29 is 4.79 Å². The highest BCUT2D eigenvalue weighted by molar-refractivity contribution is 6.00. The molecule has 0 saturated heterocycles. The average Bonchev–Trinajstić information content (AvgIpc) is 2.91. The number of anilines is 1. The molecule has 23 heavy (non-hydrogen) atoms. The molecule has 1 amide bonds. The Labute approximate surface area is 136 Å². The van der Waals surface area contributed by atoms with Crippen LogP contribution in [0.1, 0.15) is 43.7 Å². The van der Waals surface area contributed by atoms with Gasteiger partial charge < -0.3 is 10.2 Å². The van der Waals surface area contributed by atoms with Gasteiger partial charge in [0.2, 0.25) is 0 Å². The molecular formula is C17H23N5O. The van der Waals surface area contributed by atoms with Gasteiger partial charge in [0.1, 0.15) is 5.69 Å². The van der Waals surface area contributed by atoms with Crippen molar-refractivity contribution in [1.29, 1.82) is 0 Å². The molecule has 0 aliphatic carbocycles. The van der Waals surface area contributed by atoms with Crippen molar-refractivity contribution in [3.05, 3.63) is 41.7 Å². The van der Waals surface area contributed by atoms with E-state index in [1.807, 2.05) is 42.1 Å². The lowest BCUT2D eigenvalue weighted by atomic mass is 10.1. The maximum Gasteiger partial charge on any atom is 0.253 e. The van der Waals surface area contributed by atoms with E-state index in [0.717, 1.165) is 17.9 Å². The first-order valence-electron chi connectivity index (χ1n) is 7.91. The van der Waals surface area contributed by atoms with Crippen LogP contribution in [0.4, 0.5) is 5.69 Å². The summed E-state index contributed by atoms with van der Waals surface area (Å²) in [5.41, 5.74) is 2.46. The van der Waals surface area contributed by atoms with Gasteiger partial charge in [-0.05, 0) is 39.8 Å². The molecule has 3 rings (SSSR count). The molecule has 1 aromatic heterocycles. The summed E-state index contributed by atoms with van der Waals surface area (Å²) in [6, 6.07) is 7.78. The fourth-order valence-corrected chi connectivity index (χ4v) is 2.76. The number of benzene rings is 1. The molecule has 0 spiro atoms. The third-order valence-corrected chi connectivity index (χ3v) is 3.94. The second kappa shape index (κ2) is 5.68. The lowest BCUT2D eigenvalue weighted by Crippen LogP contribution is -2.38. The van der Waals surface area contributed by atoms with Gasteiger partial charge in [-0.2, -0.15) is 0 Å². The minimum absolute atomic E-state index is 0.0195. The maximum absolute atomic E-state index is 12.3. The minimum atomic E-state index is -0.0905. The normalized spacial score (nSPS) is 18.3. The topological polar surface area (TPSA) is 63.1 Å². The van der Waals surface area contributed by atoms with E-state index in [2.05, 4.69) is 41.3 Å². The number of fused-ring (bicyclic) bond motifs is 1. The SMILES string of the molecule is CC1CN(Cc2cn(C(C)(C)C)nn2)c2ccccc2C(=O)N1. The number of hydrogen-bond acceptors (Lipinski definition) is 4. The number of carbonyl (C=O) groups is 1. The second-order valence-corrected chi connectivity index (χ2v) is 7.10. The number of hydrogen-bond donors (Lipinski definition) is 1. The van der Waals surface area contributed by atoms with Gasteiger partial charge in [-0.3, -0.25) is 4.79 Å². The number of carbonyl (C=O) groups excluding carboxylic acids is 1. The largest absolute Gasteiger partial charge is 0.363 e. The van der Waals surface area contributed by atoms with Crippen LogP contribution >= 0.6 is 0 Å². The highest BCUT2D eigenvalue weighted by Gasteiger charge is 2.25. The van der Waals surface area contributed by atoms with E-state index in [1.54, 1.807) is 0 Å². The predicted molar refractivity (Wildman–Crippen MR) is 89.4 cm³/mol. The van der Waals surface area contributed by atoms with Gasteiger partial charge in [-0.15, -0.1) is 5.10 Å². The Hall–Kier alpha value is -2.37. The van der Waals surface area contributed by atoms with Crippen molar-refractivity contribution in [1.82, 2.24) is 20.3 Å². The molecule has 1 aliphatic heterocycles. The summed E-state index contributed by atoms with van der Waals surface area (Å²) in [6.07, 6.45) is 1.98. The van der Waals surface area contributed by atoms with Gasteiger partial charge in [-0.1, -0.05) is 17.3 Å². The molecule has 1 unspecified atom stereocenters. The van der Waals surface area contributed by atoms with Crippen molar-refractivity contribution in [2.75, 3.05) is 11.4 Å². The Bertz CT molecular complexity index is 716. The third kappa shape index (κ3) is 3.21. The van der Waals surface area contributed by atoms with Gasteiger partial charge in [0, 0.05) is 18.3 Å². The molecule has 1 N–H and O–H groups in total. The Balaban J connectivity index is 1.90. The van der Waals surface area contributed by atoms with Crippen molar-refractivity contribution in [2.45, 2.75) is 45.8 Å². The van der Waals surface area contributed by atoms with Gasteiger partial charge in [0.15, 0.2) is 0 Å². The maximum atomic E-state index is 12.3. The standard InChI is InChI=1S/C17H23N5O/c1-12-9-21(10-13-11-22(20-19-13)17(2,3)4)15-8-6-5-7-14(15)16(23)18-12/h5-8,11-12H,9-10H2,1-4H3,(H,18,23). The number of aromatic nitrogens is 3. The number of rotatable bonds is 2. The fraction of sp³-hybridized carbons (Fsp3) is 0.471. The summed E-state index contributed by atoms with van der Waals surface area (Å²) >= 11 is 0. The van der Waals surface area contributed by atoms with Crippen molar-refractivity contribution in [3.63, 3.8) is 0 Å². The molecule has 0 radical (unpaired) electrons. The molecule has 2 aromatic rings. The number of para-hydroxylation sites is 1. The van der Waals surface area contributed by atoms with Crippen LogP contribution in [0.15, 0.2) is 30.5 Å². The van der Waals surface area contributed by atoms with E-state index in [0.29, 0.717) is 12.1 Å². The molecule has 1 aromatic carbocycles. The summed E-state index contributed by atoms with van der Waals surface area (Å²) < 4.78 is 1.87. The highest BCUT2D eigenvalue weighted by atomic mass is 16.1. The van der Waals surface area contributed by atoms with Crippen molar-refractivity contribution in [3.8, 4) is 0 Å². The smallest absolute Gasteiger partial charge is 0.253 e. The zero-order valence-corrected chi connectivity index (χ0v) is 14.1. The van der Waals surface area contributed by atoms with E-state index < -0.39 is 0 Å². The van der Waals surface area contributed by atoms with Gasteiger partial charge in [-0.25, -0.2) is 4.68 Å². The van der Waals surface area contributed by atoms with Crippen LogP contribution in [-0.2, 0) is 12.1 Å². The van der Waals surface area contributed by atoms with Crippen LogP contribution in [0.2, 0.25) is 0 Å². The molecule has 0 fully saturated rings. The quantitative estimate of drug-likeness (QED) is 0.923. The number of nitrogens with zero attached hydrogens (tertiary/aromatic N) is 4. The number of amides is 1. The fourth-order valence-electron chi connectivity index (χ4n) is 2.76. The minimum Gasteiger partial charge on any atom is -0.363 e. The van der Waals surface area contributed by atoms with Crippen LogP contribution < -0.4 is 10.2 Å². The van der Waals surface area contributed by atoms with Crippen molar-refractivity contribution >= 4 is 11.6 Å². The molecule has 2 heterocycles. The number of nitrogens with one attached hydrogen (secondary N) is 1. The first kappa shape index (κ1) is 15.5. The lowest BCUT2D eigenvalue weighted by molar-refractivity contribution is 0.0945. The van der Waals surface area contributed by atoms with E-state index >= 15 is 0 Å². The zero-order chi connectivity index (χ0) is 16.6.